The summed E-state index contributed by atoms with van der Waals surface area (Å²) in [4.78, 5) is 1.23. The molecule has 1 aliphatic heterocycles. The molecule has 0 amide bonds. The molecular formula is C13H21NO3S2. The van der Waals surface area contributed by atoms with Crippen molar-refractivity contribution < 1.29 is 13.2 Å². The normalized spacial score (nSPS) is 21.6. The van der Waals surface area contributed by atoms with Gasteiger partial charge in [-0.05, 0) is 31.2 Å². The molecule has 2 rings (SSSR count). The molecule has 4 nitrogen and oxygen atoms in total. The van der Waals surface area contributed by atoms with Gasteiger partial charge >= 0.3 is 0 Å². The van der Waals surface area contributed by atoms with Gasteiger partial charge in [0, 0.05) is 24.6 Å². The molecule has 1 aliphatic rings. The Hall–Kier alpha value is -0.430. The van der Waals surface area contributed by atoms with Crippen LogP contribution in [0.3, 0.4) is 0 Å². The SMILES string of the molecule is CC(CNCc1cccs1)S(=O)(=O)CC1CCCO1. The number of ether oxygens (including phenoxy) is 1. The van der Waals surface area contributed by atoms with Crippen LogP contribution in [0.4, 0.5) is 0 Å². The third kappa shape index (κ3) is 4.56. The zero-order valence-electron chi connectivity index (χ0n) is 11.2. The van der Waals surface area contributed by atoms with Crippen molar-refractivity contribution in [2.24, 2.45) is 0 Å². The van der Waals surface area contributed by atoms with Gasteiger partial charge in [0.1, 0.15) is 0 Å². The Morgan fingerprint density at radius 2 is 2.42 bits per heavy atom. The predicted molar refractivity (Wildman–Crippen MR) is 78.2 cm³/mol. The van der Waals surface area contributed by atoms with E-state index in [1.165, 1.54) is 4.88 Å². The van der Waals surface area contributed by atoms with E-state index in [0.717, 1.165) is 19.4 Å². The second-order valence-corrected chi connectivity index (χ2v) is 8.48. The molecule has 1 fully saturated rings. The number of thiophene rings is 1. The number of hydrogen-bond acceptors (Lipinski definition) is 5. The molecule has 2 heterocycles. The maximum atomic E-state index is 12.2. The summed E-state index contributed by atoms with van der Waals surface area (Å²) in [6.07, 6.45) is 1.75. The van der Waals surface area contributed by atoms with Crippen LogP contribution in [0.15, 0.2) is 17.5 Å². The maximum absolute atomic E-state index is 12.2. The van der Waals surface area contributed by atoms with Gasteiger partial charge in [-0.3, -0.25) is 0 Å². The predicted octanol–water partition coefficient (Wildman–Crippen LogP) is 1.82. The van der Waals surface area contributed by atoms with E-state index in [1.54, 1.807) is 18.3 Å². The lowest BCUT2D eigenvalue weighted by Crippen LogP contribution is -2.35. The zero-order chi connectivity index (χ0) is 13.7. The van der Waals surface area contributed by atoms with Crippen LogP contribution >= 0.6 is 11.3 Å². The van der Waals surface area contributed by atoms with E-state index in [1.807, 2.05) is 17.5 Å². The van der Waals surface area contributed by atoms with Gasteiger partial charge in [0.15, 0.2) is 9.84 Å². The van der Waals surface area contributed by atoms with Crippen molar-refractivity contribution in [1.29, 1.82) is 0 Å². The highest BCUT2D eigenvalue weighted by molar-refractivity contribution is 7.92. The minimum Gasteiger partial charge on any atom is -0.377 e. The fourth-order valence-corrected chi connectivity index (χ4v) is 4.29. The number of sulfone groups is 1. The van der Waals surface area contributed by atoms with E-state index < -0.39 is 9.84 Å². The van der Waals surface area contributed by atoms with E-state index in [9.17, 15) is 8.42 Å². The Morgan fingerprint density at radius 1 is 1.58 bits per heavy atom. The van der Waals surface area contributed by atoms with Gasteiger partial charge in [-0.2, -0.15) is 0 Å². The Bertz CT molecular complexity index is 464. The van der Waals surface area contributed by atoms with Crippen LogP contribution in [0.2, 0.25) is 0 Å². The van der Waals surface area contributed by atoms with Crippen molar-refractivity contribution in [3.05, 3.63) is 22.4 Å². The van der Waals surface area contributed by atoms with Gasteiger partial charge in [-0.25, -0.2) is 8.42 Å². The van der Waals surface area contributed by atoms with Gasteiger partial charge in [-0.15, -0.1) is 11.3 Å². The van der Waals surface area contributed by atoms with Crippen molar-refractivity contribution in [3.8, 4) is 0 Å². The first-order valence-corrected chi connectivity index (χ1v) is 9.24. The molecule has 1 aromatic heterocycles. The van der Waals surface area contributed by atoms with E-state index in [0.29, 0.717) is 13.2 Å². The molecule has 0 radical (unpaired) electrons. The molecule has 0 saturated carbocycles. The highest BCUT2D eigenvalue weighted by Gasteiger charge is 2.27. The van der Waals surface area contributed by atoms with Gasteiger partial charge in [0.2, 0.25) is 0 Å². The summed E-state index contributed by atoms with van der Waals surface area (Å²) in [7, 11) is -3.07. The average Bonchev–Trinajstić information content (AvgIpc) is 3.01. The molecule has 19 heavy (non-hydrogen) atoms. The van der Waals surface area contributed by atoms with Crippen molar-refractivity contribution in [2.45, 2.75) is 37.7 Å². The van der Waals surface area contributed by atoms with E-state index in [4.69, 9.17) is 4.74 Å². The molecular weight excluding hydrogens is 282 g/mol. The summed E-state index contributed by atoms with van der Waals surface area (Å²) in [6.45, 7) is 3.70. The first-order chi connectivity index (χ1) is 9.08. The summed E-state index contributed by atoms with van der Waals surface area (Å²) >= 11 is 1.68. The summed E-state index contributed by atoms with van der Waals surface area (Å²) in [5, 5.41) is 4.87. The highest BCUT2D eigenvalue weighted by Crippen LogP contribution is 2.16. The Balaban J connectivity index is 1.75. The van der Waals surface area contributed by atoms with Gasteiger partial charge in [-0.1, -0.05) is 6.07 Å². The lowest BCUT2D eigenvalue weighted by molar-refractivity contribution is 0.127. The van der Waals surface area contributed by atoms with E-state index in [-0.39, 0.29) is 17.1 Å². The largest absolute Gasteiger partial charge is 0.377 e. The minimum atomic E-state index is -3.07. The standard InChI is InChI=1S/C13H21NO3S2/c1-11(8-14-9-13-5-3-7-18-13)19(15,16)10-12-4-2-6-17-12/h3,5,7,11-12,14H,2,4,6,8-10H2,1H3. The molecule has 2 atom stereocenters. The highest BCUT2D eigenvalue weighted by atomic mass is 32.2. The molecule has 0 spiro atoms. The molecule has 1 N–H and O–H groups in total. The molecule has 0 aromatic carbocycles. The quantitative estimate of drug-likeness (QED) is 0.835. The molecule has 0 bridgehead atoms. The van der Waals surface area contributed by atoms with Gasteiger partial charge < -0.3 is 10.1 Å². The number of nitrogens with one attached hydrogen (secondary N) is 1. The monoisotopic (exact) mass is 303 g/mol. The first kappa shape index (κ1) is 15.0. The van der Waals surface area contributed by atoms with Crippen molar-refractivity contribution in [3.63, 3.8) is 0 Å². The lowest BCUT2D eigenvalue weighted by Gasteiger charge is -2.16. The van der Waals surface area contributed by atoms with Crippen molar-refractivity contribution in [2.75, 3.05) is 18.9 Å². The summed E-state index contributed by atoms with van der Waals surface area (Å²) in [5.74, 6) is 0.162. The summed E-state index contributed by atoms with van der Waals surface area (Å²) < 4.78 is 29.7. The Kier molecular flexibility index (Phi) is 5.38. The van der Waals surface area contributed by atoms with Crippen LogP contribution in [0, 0.1) is 0 Å². The maximum Gasteiger partial charge on any atom is 0.156 e. The molecule has 108 valence electrons. The van der Waals surface area contributed by atoms with E-state index in [2.05, 4.69) is 5.32 Å². The second kappa shape index (κ2) is 6.83. The molecule has 2 unspecified atom stereocenters. The van der Waals surface area contributed by atoms with E-state index >= 15 is 0 Å². The smallest absolute Gasteiger partial charge is 0.156 e. The lowest BCUT2D eigenvalue weighted by atomic mass is 10.3. The fraction of sp³-hybridized carbons (Fsp3) is 0.692. The van der Waals surface area contributed by atoms with Gasteiger partial charge in [0.05, 0.1) is 17.1 Å². The zero-order valence-corrected chi connectivity index (χ0v) is 12.8. The Labute approximate surface area is 119 Å². The van der Waals surface area contributed by atoms with Crippen LogP contribution in [0.25, 0.3) is 0 Å². The van der Waals surface area contributed by atoms with Crippen molar-refractivity contribution >= 4 is 21.2 Å². The van der Waals surface area contributed by atoms with Crippen LogP contribution in [0.5, 0.6) is 0 Å². The molecule has 6 heteroatoms. The molecule has 1 saturated heterocycles. The summed E-state index contributed by atoms with van der Waals surface area (Å²) in [6, 6.07) is 4.04. The average molecular weight is 303 g/mol. The fourth-order valence-electron chi connectivity index (χ4n) is 2.14. The summed E-state index contributed by atoms with van der Waals surface area (Å²) in [5.41, 5.74) is 0. The van der Waals surface area contributed by atoms with Crippen LogP contribution < -0.4 is 5.32 Å². The number of hydrogen-bond donors (Lipinski definition) is 1. The van der Waals surface area contributed by atoms with Crippen molar-refractivity contribution in [1.82, 2.24) is 5.32 Å². The van der Waals surface area contributed by atoms with Gasteiger partial charge in [0.25, 0.3) is 0 Å². The minimum absolute atomic E-state index is 0.0928. The molecule has 1 aromatic rings. The topological polar surface area (TPSA) is 55.4 Å². The third-order valence-electron chi connectivity index (χ3n) is 3.37. The Morgan fingerprint density at radius 3 is 3.05 bits per heavy atom. The molecule has 0 aliphatic carbocycles. The first-order valence-electron chi connectivity index (χ1n) is 6.64. The number of rotatable bonds is 7. The van der Waals surface area contributed by atoms with Crippen LogP contribution in [0.1, 0.15) is 24.6 Å². The third-order valence-corrected chi connectivity index (χ3v) is 6.47. The second-order valence-electron chi connectivity index (χ2n) is 4.99. The van der Waals surface area contributed by atoms with Crippen LogP contribution in [-0.4, -0.2) is 38.7 Å². The van der Waals surface area contributed by atoms with Crippen LogP contribution in [-0.2, 0) is 21.1 Å².